The molecule has 224 valence electrons. The fraction of sp³-hybridized carbons (Fsp3) is 1.00. The fourth-order valence-corrected chi connectivity index (χ4v) is 3.60. The lowest BCUT2D eigenvalue weighted by Crippen LogP contribution is -2.78. The van der Waals surface area contributed by atoms with Crippen LogP contribution in [0, 0.1) is 0 Å². The van der Waals surface area contributed by atoms with Gasteiger partial charge in [0.25, 0.3) is 0 Å². The summed E-state index contributed by atoms with van der Waals surface area (Å²) >= 11 is 12.7. The van der Waals surface area contributed by atoms with Crippen LogP contribution in [0.25, 0.3) is 0 Å². The van der Waals surface area contributed by atoms with Gasteiger partial charge in [0.05, 0.1) is 0 Å². The van der Waals surface area contributed by atoms with Crippen molar-refractivity contribution in [3.05, 3.63) is 0 Å². The minimum Gasteiger partial charge on any atom is -0.241 e. The van der Waals surface area contributed by atoms with Gasteiger partial charge in [-0.05, 0) is 6.92 Å². The lowest BCUT2D eigenvalue weighted by Gasteiger charge is -2.45. The maximum absolute atomic E-state index is 13.6. The lowest BCUT2D eigenvalue weighted by molar-refractivity contribution is -0.467. The van der Waals surface area contributed by atoms with Gasteiger partial charge in [-0.25, -0.2) is 4.39 Å². The normalized spacial score (nSPS) is 17.8. The van der Waals surface area contributed by atoms with Crippen molar-refractivity contribution >= 4 is 39.2 Å². The average Bonchev–Trinajstić information content (AvgIpc) is 2.65. The first-order valence-electron chi connectivity index (χ1n) is 7.93. The summed E-state index contributed by atoms with van der Waals surface area (Å²) in [5, 5.41) is 0. The Hall–Kier alpha value is -0.383. The van der Waals surface area contributed by atoms with Crippen LogP contribution in [0.3, 0.4) is 0 Å². The maximum atomic E-state index is 13.6. The molecule has 0 aliphatic carbocycles. The van der Waals surface area contributed by atoms with Crippen molar-refractivity contribution in [3.8, 4) is 0 Å². The van der Waals surface area contributed by atoms with E-state index < -0.39 is 77.9 Å². The van der Waals surface area contributed by atoms with Crippen molar-refractivity contribution in [2.24, 2.45) is 0 Å². The quantitative estimate of drug-likeness (QED) is 0.116. The van der Waals surface area contributed by atoms with Crippen LogP contribution in [0.1, 0.15) is 6.92 Å². The average molecular weight is 682 g/mol. The Morgan fingerprint density at radius 3 is 0.784 bits per heavy atom. The summed E-state index contributed by atoms with van der Waals surface area (Å²) in [6.07, 6.45) is -4.70. The molecule has 1 atom stereocenters. The first-order chi connectivity index (χ1) is 15.4. The van der Waals surface area contributed by atoms with Crippen molar-refractivity contribution in [1.82, 2.24) is 0 Å². The Balaban J connectivity index is 7.22. The number of alkyl halides is 21. The van der Waals surface area contributed by atoms with Gasteiger partial charge in [0.1, 0.15) is 0 Å². The van der Waals surface area contributed by atoms with Crippen LogP contribution in [-0.2, 0) is 0 Å². The first-order valence-corrected chi connectivity index (χ1v) is 13.0. The Labute approximate surface area is 204 Å². The lowest BCUT2D eigenvalue weighted by atomic mass is 9.86. The molecule has 0 bridgehead atoms. The Kier molecular flexibility index (Phi) is 8.97. The summed E-state index contributed by atoms with van der Waals surface area (Å²) in [6.45, 7) is -0.806. The summed E-state index contributed by atoms with van der Waals surface area (Å²) in [5.74, 6) is -77.7. The molecule has 0 aromatic carbocycles. The van der Waals surface area contributed by atoms with Crippen molar-refractivity contribution in [2.45, 2.75) is 71.9 Å². The van der Waals surface area contributed by atoms with Crippen LogP contribution in [-0.4, -0.2) is 71.0 Å². The van der Waals surface area contributed by atoms with Crippen LogP contribution in [0.5, 0.6) is 0 Å². The molecule has 37 heavy (non-hydrogen) atoms. The van der Waals surface area contributed by atoms with Gasteiger partial charge in [0.2, 0.25) is 0 Å². The van der Waals surface area contributed by atoms with E-state index in [-0.39, 0.29) is 0 Å². The monoisotopic (exact) mass is 680 g/mol. The van der Waals surface area contributed by atoms with Crippen LogP contribution < -0.4 is 0 Å². The zero-order valence-corrected chi connectivity index (χ0v) is 19.4. The highest BCUT2D eigenvalue weighted by Crippen LogP contribution is 2.67. The van der Waals surface area contributed by atoms with E-state index in [9.17, 15) is 92.2 Å². The minimum atomic E-state index is -9.20. The molecule has 0 saturated heterocycles. The van der Waals surface area contributed by atoms with E-state index in [1.54, 1.807) is 0 Å². The molecular formula is C12H4Cl3F21Si. The summed E-state index contributed by atoms with van der Waals surface area (Å²) in [4.78, 5) is 0. The first kappa shape index (κ1) is 36.6. The van der Waals surface area contributed by atoms with Gasteiger partial charge < -0.3 is 0 Å². The molecule has 0 N–H and O–H groups in total. The second-order valence-electron chi connectivity index (χ2n) is 6.91. The van der Waals surface area contributed by atoms with Gasteiger partial charge >= 0.3 is 64.9 Å². The van der Waals surface area contributed by atoms with E-state index in [1.807, 2.05) is 0 Å². The number of rotatable bonds is 11. The zero-order chi connectivity index (χ0) is 31.1. The maximum Gasteiger partial charge on any atom is 0.424 e. The molecule has 0 amide bonds. The highest BCUT2D eigenvalue weighted by atomic mass is 35.8. The van der Waals surface area contributed by atoms with Gasteiger partial charge in [-0.1, -0.05) is 0 Å². The topological polar surface area (TPSA) is 0 Å². The molecule has 0 radical (unpaired) electrons. The molecule has 0 rings (SSSR count). The van der Waals surface area contributed by atoms with Gasteiger partial charge in [0, 0.05) is 0 Å². The van der Waals surface area contributed by atoms with E-state index in [4.69, 9.17) is 0 Å². The highest BCUT2D eigenvalue weighted by molar-refractivity contribution is 7.65. The third-order valence-electron chi connectivity index (χ3n) is 4.43. The molecular weight excluding hydrogens is 678 g/mol. The van der Waals surface area contributed by atoms with Crippen molar-refractivity contribution < 1.29 is 92.2 Å². The van der Waals surface area contributed by atoms with E-state index in [0.29, 0.717) is 0 Å². The van der Waals surface area contributed by atoms with Crippen LogP contribution in [0.4, 0.5) is 92.2 Å². The molecule has 25 heteroatoms. The van der Waals surface area contributed by atoms with Crippen molar-refractivity contribution in [1.29, 1.82) is 0 Å². The largest absolute Gasteiger partial charge is 0.424 e. The standard InChI is InChI=1S/C12H4Cl3F21Si/c1-2(16)3(17,18)4(19,20)5(21,22)6(23,24)7(25,26)8(27,28)9(29,30)10(31,32)11(33,34)12(35,36)37(13,14)15/h2H,1H3. The predicted octanol–water partition coefficient (Wildman–Crippen LogP) is 8.89. The third kappa shape index (κ3) is 4.40. The smallest absolute Gasteiger partial charge is 0.241 e. The van der Waals surface area contributed by atoms with Crippen LogP contribution in [0.15, 0.2) is 0 Å². The van der Waals surface area contributed by atoms with Gasteiger partial charge in [-0.3, -0.25) is 0 Å². The molecule has 0 spiro atoms. The molecule has 1 unspecified atom stereocenters. The van der Waals surface area contributed by atoms with Crippen LogP contribution >= 0.6 is 33.2 Å². The molecule has 0 nitrogen and oxygen atoms in total. The summed E-state index contributed by atoms with van der Waals surface area (Å²) in [6, 6.07) is -6.84. The molecule has 0 aliphatic rings. The molecule has 0 aromatic heterocycles. The van der Waals surface area contributed by atoms with Gasteiger partial charge in [0.15, 0.2) is 6.17 Å². The molecule has 0 fully saturated rings. The van der Waals surface area contributed by atoms with E-state index in [2.05, 4.69) is 33.2 Å². The molecule has 0 aromatic rings. The Morgan fingerprint density at radius 2 is 0.595 bits per heavy atom. The summed E-state index contributed by atoms with van der Waals surface area (Å²) in [7, 11) is 0. The summed E-state index contributed by atoms with van der Waals surface area (Å²) < 4.78 is 281. The fourth-order valence-electron chi connectivity index (χ4n) is 2.02. The van der Waals surface area contributed by atoms with E-state index >= 15 is 0 Å². The minimum absolute atomic E-state index is 0.806. The van der Waals surface area contributed by atoms with Crippen LogP contribution in [0.2, 0.25) is 0 Å². The summed E-state index contributed by atoms with van der Waals surface area (Å²) in [5.41, 5.74) is -7.15. The second-order valence-corrected chi connectivity index (χ2v) is 15.4. The molecule has 0 aliphatic heterocycles. The Bertz CT molecular complexity index is 844. The second kappa shape index (κ2) is 9.07. The van der Waals surface area contributed by atoms with Crippen molar-refractivity contribution in [3.63, 3.8) is 0 Å². The third-order valence-corrected chi connectivity index (χ3v) is 7.59. The van der Waals surface area contributed by atoms with Gasteiger partial charge in [-0.2, -0.15) is 87.8 Å². The Morgan fingerprint density at radius 1 is 0.405 bits per heavy atom. The molecule has 0 saturated carbocycles. The predicted molar refractivity (Wildman–Crippen MR) is 83.4 cm³/mol. The van der Waals surface area contributed by atoms with Crippen molar-refractivity contribution in [2.75, 3.05) is 0 Å². The SMILES string of the molecule is CC(F)C(F)(F)C(F)(F)C(F)(F)C(F)(F)C(F)(F)C(F)(F)C(F)(F)C(F)(F)C(F)(F)C(F)(F)[Si](Cl)(Cl)Cl. The van der Waals surface area contributed by atoms with E-state index in [1.165, 1.54) is 0 Å². The number of hydrogen-bond donors (Lipinski definition) is 0. The molecule has 0 heterocycles. The van der Waals surface area contributed by atoms with Gasteiger partial charge in [-0.15, -0.1) is 33.2 Å². The zero-order valence-electron chi connectivity index (χ0n) is 16.1. The number of halogens is 24. The number of hydrogen-bond acceptors (Lipinski definition) is 0. The highest BCUT2D eigenvalue weighted by Gasteiger charge is 2.98. The van der Waals surface area contributed by atoms with E-state index in [0.717, 1.165) is 0 Å².